The molecule has 170 valence electrons. The number of hydrogen-bond acceptors (Lipinski definition) is 3. The van der Waals surface area contributed by atoms with E-state index in [9.17, 15) is 4.79 Å². The number of aryl methyl sites for hydroxylation is 1. The number of carbonyl (C=O) groups excluding carboxylic acids is 1. The van der Waals surface area contributed by atoms with Crippen molar-refractivity contribution in [2.45, 2.75) is 51.7 Å². The summed E-state index contributed by atoms with van der Waals surface area (Å²) in [5.41, 5.74) is 3.26. The molecule has 4 fully saturated rings. The quantitative estimate of drug-likeness (QED) is 0.701. The Balaban J connectivity index is 1.43. The number of hydrogen-bond donors (Lipinski definition) is 2. The number of amides is 1. The highest BCUT2D eigenvalue weighted by Gasteiger charge is 2.64. The summed E-state index contributed by atoms with van der Waals surface area (Å²) in [4.78, 5) is 16.6. The molecule has 32 heavy (non-hydrogen) atoms. The average molecular weight is 432 g/mol. The van der Waals surface area contributed by atoms with Gasteiger partial charge in [-0.3, -0.25) is 9.69 Å². The Morgan fingerprint density at radius 1 is 1.16 bits per heavy atom. The zero-order chi connectivity index (χ0) is 22.3. The zero-order valence-corrected chi connectivity index (χ0v) is 19.7. The molecule has 4 bridgehead atoms. The molecule has 2 aromatic rings. The predicted octanol–water partition coefficient (Wildman–Crippen LogP) is 3.79. The van der Waals surface area contributed by atoms with E-state index >= 15 is 0 Å². The van der Waals surface area contributed by atoms with E-state index in [1.165, 1.54) is 16.7 Å². The van der Waals surface area contributed by atoms with Crippen LogP contribution in [0.1, 0.15) is 37.0 Å². The van der Waals surface area contributed by atoms with Crippen molar-refractivity contribution >= 4 is 5.91 Å². The van der Waals surface area contributed by atoms with Crippen molar-refractivity contribution in [1.82, 2.24) is 15.5 Å². The minimum absolute atomic E-state index is 0.194. The summed E-state index contributed by atoms with van der Waals surface area (Å²) in [5.74, 6) is 2.41. The second-order valence-corrected chi connectivity index (χ2v) is 10.8. The molecule has 0 aromatic heterocycles. The van der Waals surface area contributed by atoms with Gasteiger partial charge in [0.1, 0.15) is 5.54 Å². The van der Waals surface area contributed by atoms with E-state index in [0.29, 0.717) is 36.3 Å². The maximum absolute atomic E-state index is 13.9. The van der Waals surface area contributed by atoms with Gasteiger partial charge in [-0.25, -0.2) is 0 Å². The summed E-state index contributed by atoms with van der Waals surface area (Å²) in [5, 5.41) is 7.12. The Morgan fingerprint density at radius 2 is 1.94 bits per heavy atom. The number of benzene rings is 2. The molecule has 0 unspecified atom stereocenters. The zero-order valence-electron chi connectivity index (χ0n) is 19.7. The monoisotopic (exact) mass is 431 g/mol. The summed E-state index contributed by atoms with van der Waals surface area (Å²) in [6, 6.07) is 19.7. The van der Waals surface area contributed by atoms with E-state index in [2.05, 4.69) is 90.9 Å². The van der Waals surface area contributed by atoms with Gasteiger partial charge >= 0.3 is 0 Å². The molecule has 4 aliphatic rings. The number of piperidine rings is 2. The molecule has 1 saturated carbocycles. The van der Waals surface area contributed by atoms with Crippen molar-refractivity contribution in [3.63, 3.8) is 0 Å². The van der Waals surface area contributed by atoms with Crippen LogP contribution in [0.5, 0.6) is 0 Å². The number of fused-ring (bicyclic) bond motifs is 1. The molecule has 2 N–H and O–H groups in total. The fourth-order valence-corrected chi connectivity index (χ4v) is 6.86. The molecule has 0 spiro atoms. The summed E-state index contributed by atoms with van der Waals surface area (Å²) >= 11 is 0. The third-order valence-electron chi connectivity index (χ3n) is 8.06. The molecule has 4 nitrogen and oxygen atoms in total. The lowest BCUT2D eigenvalue weighted by Gasteiger charge is -2.56. The molecule has 1 aliphatic carbocycles. The van der Waals surface area contributed by atoms with Crippen molar-refractivity contribution in [3.8, 4) is 0 Å². The third-order valence-corrected chi connectivity index (χ3v) is 8.06. The number of likely N-dealkylation sites (tertiary alicyclic amines) is 1. The molecule has 6 rings (SSSR count). The Kier molecular flexibility index (Phi) is 5.85. The topological polar surface area (TPSA) is 44.4 Å². The smallest absolute Gasteiger partial charge is 0.240 e. The Labute approximate surface area is 192 Å². The SMILES string of the molecule is Cc1cccc(CNC(=O)[C@@]23C[C@@H]4CN(CC(C)C)[C@@H]([C@@H]4CN2)[C@H]3Cc2ccccc2)c1. The van der Waals surface area contributed by atoms with Gasteiger partial charge in [-0.1, -0.05) is 74.0 Å². The van der Waals surface area contributed by atoms with Gasteiger partial charge in [0.2, 0.25) is 5.91 Å². The van der Waals surface area contributed by atoms with E-state index in [0.717, 1.165) is 32.5 Å². The first-order valence-electron chi connectivity index (χ1n) is 12.3. The largest absolute Gasteiger partial charge is 0.350 e. The normalized spacial score (nSPS) is 31.2. The van der Waals surface area contributed by atoms with Crippen LogP contribution in [0.2, 0.25) is 0 Å². The lowest BCUT2D eigenvalue weighted by molar-refractivity contribution is -0.138. The number of nitrogens with zero attached hydrogens (tertiary/aromatic N) is 1. The minimum atomic E-state index is -0.477. The van der Waals surface area contributed by atoms with Crippen LogP contribution in [0.25, 0.3) is 0 Å². The van der Waals surface area contributed by atoms with Crippen LogP contribution in [0.3, 0.4) is 0 Å². The van der Waals surface area contributed by atoms with Gasteiger partial charge in [-0.05, 0) is 48.6 Å². The molecule has 5 atom stereocenters. The maximum atomic E-state index is 13.9. The molecule has 4 heteroatoms. The maximum Gasteiger partial charge on any atom is 0.240 e. The fourth-order valence-electron chi connectivity index (χ4n) is 6.86. The van der Waals surface area contributed by atoms with Crippen molar-refractivity contribution in [2.75, 3.05) is 19.6 Å². The highest BCUT2D eigenvalue weighted by atomic mass is 16.2. The molecule has 3 heterocycles. The van der Waals surface area contributed by atoms with E-state index in [1.807, 2.05) is 0 Å². The van der Waals surface area contributed by atoms with Crippen LogP contribution in [0, 0.1) is 30.6 Å². The van der Waals surface area contributed by atoms with Gasteiger partial charge in [0.05, 0.1) is 0 Å². The van der Waals surface area contributed by atoms with Crippen molar-refractivity contribution in [1.29, 1.82) is 0 Å². The van der Waals surface area contributed by atoms with Gasteiger partial charge in [-0.15, -0.1) is 0 Å². The first kappa shape index (κ1) is 21.7. The van der Waals surface area contributed by atoms with Crippen LogP contribution in [0.4, 0.5) is 0 Å². The van der Waals surface area contributed by atoms with Crippen molar-refractivity contribution in [2.24, 2.45) is 23.7 Å². The summed E-state index contributed by atoms with van der Waals surface area (Å²) in [6.07, 6.45) is 1.91. The van der Waals surface area contributed by atoms with Crippen LogP contribution < -0.4 is 10.6 Å². The standard InChI is InChI=1S/C28H37N3O/c1-19(2)17-31-18-23-14-28(27(32)29-15-22-11-7-8-20(3)12-22)25(26(31)24(23)16-30-28)13-21-9-5-4-6-10-21/h4-12,19,23-26,30H,13-18H2,1-3H3,(H,29,32)/t23-,24-,25-,26+,28+/m1/s1. The summed E-state index contributed by atoms with van der Waals surface area (Å²) in [7, 11) is 0. The van der Waals surface area contributed by atoms with Gasteiger partial charge in [-0.2, -0.15) is 0 Å². The minimum Gasteiger partial charge on any atom is -0.350 e. The highest BCUT2D eigenvalue weighted by Crippen LogP contribution is 2.53. The Morgan fingerprint density at radius 3 is 2.69 bits per heavy atom. The van der Waals surface area contributed by atoms with Crippen LogP contribution in [-0.4, -0.2) is 42.0 Å². The van der Waals surface area contributed by atoms with E-state index < -0.39 is 5.54 Å². The highest BCUT2D eigenvalue weighted by molar-refractivity contribution is 5.87. The number of nitrogens with one attached hydrogen (secondary N) is 2. The summed E-state index contributed by atoms with van der Waals surface area (Å²) in [6.45, 7) is 10.6. The predicted molar refractivity (Wildman–Crippen MR) is 129 cm³/mol. The lowest BCUT2D eigenvalue weighted by atomic mass is 9.58. The summed E-state index contributed by atoms with van der Waals surface area (Å²) < 4.78 is 0. The van der Waals surface area contributed by atoms with E-state index in [4.69, 9.17) is 0 Å². The average Bonchev–Trinajstić information content (AvgIpc) is 3.07. The van der Waals surface area contributed by atoms with Crippen LogP contribution in [0.15, 0.2) is 54.6 Å². The first-order chi connectivity index (χ1) is 15.5. The molecule has 3 saturated heterocycles. The Bertz CT molecular complexity index is 958. The number of rotatable bonds is 7. The molecular weight excluding hydrogens is 394 g/mol. The molecular formula is C28H37N3O. The van der Waals surface area contributed by atoms with Crippen LogP contribution in [-0.2, 0) is 17.8 Å². The number of carbonyl (C=O) groups is 1. The first-order valence-corrected chi connectivity index (χ1v) is 12.3. The van der Waals surface area contributed by atoms with Gasteiger partial charge in [0, 0.05) is 38.1 Å². The van der Waals surface area contributed by atoms with E-state index in [1.54, 1.807) is 0 Å². The molecule has 1 amide bonds. The van der Waals surface area contributed by atoms with Gasteiger partial charge in [0.15, 0.2) is 0 Å². The van der Waals surface area contributed by atoms with Gasteiger partial charge < -0.3 is 10.6 Å². The van der Waals surface area contributed by atoms with E-state index in [-0.39, 0.29) is 5.91 Å². The van der Waals surface area contributed by atoms with Crippen molar-refractivity contribution in [3.05, 3.63) is 71.3 Å². The molecule has 0 radical (unpaired) electrons. The molecule has 2 aromatic carbocycles. The van der Waals surface area contributed by atoms with Crippen molar-refractivity contribution < 1.29 is 4.79 Å². The fraction of sp³-hybridized carbons (Fsp3) is 0.536. The second kappa shape index (κ2) is 8.64. The van der Waals surface area contributed by atoms with Crippen LogP contribution >= 0.6 is 0 Å². The lowest BCUT2D eigenvalue weighted by Crippen LogP contribution is -2.74. The second-order valence-electron chi connectivity index (χ2n) is 10.8. The Hall–Kier alpha value is -2.17. The van der Waals surface area contributed by atoms with Gasteiger partial charge in [0.25, 0.3) is 0 Å². The molecule has 3 aliphatic heterocycles. The third kappa shape index (κ3) is 3.88.